The summed E-state index contributed by atoms with van der Waals surface area (Å²) >= 11 is 0. The standard InChI is InChI=1S/C22H32N2O5/c1-6-18-20(25)24(11-12-27-5)17-13-15-7-9-23(21(26)29-22(2,3)4)10-8-16(15)14-19(17)28-18/h13-14,18H,6-12H2,1-5H3. The Morgan fingerprint density at radius 3 is 2.45 bits per heavy atom. The fraction of sp³-hybridized carbons (Fsp3) is 0.636. The molecule has 1 unspecified atom stereocenters. The van der Waals surface area contributed by atoms with E-state index in [-0.39, 0.29) is 12.0 Å². The van der Waals surface area contributed by atoms with E-state index in [1.807, 2.05) is 39.8 Å². The average molecular weight is 405 g/mol. The molecule has 7 nitrogen and oxygen atoms in total. The van der Waals surface area contributed by atoms with Gasteiger partial charge in [0.25, 0.3) is 5.91 Å². The molecule has 0 saturated heterocycles. The highest BCUT2D eigenvalue weighted by molar-refractivity contribution is 6.00. The first kappa shape index (κ1) is 21.4. The van der Waals surface area contributed by atoms with Crippen molar-refractivity contribution in [3.8, 4) is 5.75 Å². The Kier molecular flexibility index (Phi) is 6.36. The van der Waals surface area contributed by atoms with E-state index < -0.39 is 11.7 Å². The van der Waals surface area contributed by atoms with Crippen LogP contribution < -0.4 is 9.64 Å². The number of ether oxygens (including phenoxy) is 3. The second-order valence-corrected chi connectivity index (χ2v) is 8.55. The molecule has 2 amide bonds. The lowest BCUT2D eigenvalue weighted by atomic mass is 9.99. The van der Waals surface area contributed by atoms with Gasteiger partial charge >= 0.3 is 6.09 Å². The van der Waals surface area contributed by atoms with Gasteiger partial charge in [-0.25, -0.2) is 4.79 Å². The molecular weight excluding hydrogens is 372 g/mol. The minimum Gasteiger partial charge on any atom is -0.478 e. The first-order valence-electron chi connectivity index (χ1n) is 10.3. The molecule has 3 rings (SSSR count). The van der Waals surface area contributed by atoms with Gasteiger partial charge in [0.2, 0.25) is 0 Å². The molecule has 0 radical (unpaired) electrons. The first-order chi connectivity index (χ1) is 13.7. The van der Waals surface area contributed by atoms with E-state index in [0.717, 1.165) is 29.0 Å². The minimum absolute atomic E-state index is 0.0268. The molecule has 0 N–H and O–H groups in total. The summed E-state index contributed by atoms with van der Waals surface area (Å²) in [7, 11) is 1.63. The van der Waals surface area contributed by atoms with E-state index in [2.05, 4.69) is 0 Å². The van der Waals surface area contributed by atoms with Crippen LogP contribution in [0, 0.1) is 0 Å². The molecule has 2 heterocycles. The zero-order valence-corrected chi connectivity index (χ0v) is 18.1. The van der Waals surface area contributed by atoms with Crippen molar-refractivity contribution in [3.63, 3.8) is 0 Å². The highest BCUT2D eigenvalue weighted by atomic mass is 16.6. The molecule has 0 bridgehead atoms. The molecule has 1 atom stereocenters. The molecule has 160 valence electrons. The number of carbonyl (C=O) groups is 2. The van der Waals surface area contributed by atoms with Crippen LogP contribution in [0.3, 0.4) is 0 Å². The third-order valence-electron chi connectivity index (χ3n) is 5.23. The highest BCUT2D eigenvalue weighted by Crippen LogP contribution is 2.38. The lowest BCUT2D eigenvalue weighted by molar-refractivity contribution is -0.126. The first-order valence-corrected chi connectivity index (χ1v) is 10.3. The fourth-order valence-corrected chi connectivity index (χ4v) is 3.72. The number of rotatable bonds is 4. The molecule has 0 saturated carbocycles. The number of benzene rings is 1. The molecule has 7 heteroatoms. The molecule has 0 fully saturated rings. The van der Waals surface area contributed by atoms with Crippen LogP contribution in [0.25, 0.3) is 0 Å². The Morgan fingerprint density at radius 1 is 1.21 bits per heavy atom. The largest absolute Gasteiger partial charge is 0.478 e. The zero-order valence-electron chi connectivity index (χ0n) is 18.1. The van der Waals surface area contributed by atoms with Crippen LogP contribution in [-0.4, -0.2) is 62.0 Å². The molecular formula is C22H32N2O5. The molecule has 1 aromatic rings. The molecule has 29 heavy (non-hydrogen) atoms. The monoisotopic (exact) mass is 404 g/mol. The number of fused-ring (bicyclic) bond motifs is 2. The normalized spacial score (nSPS) is 19.2. The van der Waals surface area contributed by atoms with E-state index in [9.17, 15) is 9.59 Å². The van der Waals surface area contributed by atoms with Gasteiger partial charge < -0.3 is 24.0 Å². The third kappa shape index (κ3) is 4.83. The number of carbonyl (C=O) groups excluding carboxylic acids is 2. The summed E-state index contributed by atoms with van der Waals surface area (Å²) < 4.78 is 16.7. The van der Waals surface area contributed by atoms with Gasteiger partial charge in [-0.3, -0.25) is 4.79 Å². The van der Waals surface area contributed by atoms with Gasteiger partial charge in [0.05, 0.1) is 12.3 Å². The minimum atomic E-state index is -0.513. The molecule has 2 aliphatic heterocycles. The fourth-order valence-electron chi connectivity index (χ4n) is 3.72. The van der Waals surface area contributed by atoms with Gasteiger partial charge in [-0.2, -0.15) is 0 Å². The van der Waals surface area contributed by atoms with Crippen molar-refractivity contribution in [2.24, 2.45) is 0 Å². The summed E-state index contributed by atoms with van der Waals surface area (Å²) in [6.45, 7) is 9.71. The summed E-state index contributed by atoms with van der Waals surface area (Å²) in [5, 5.41) is 0. The Morgan fingerprint density at radius 2 is 1.86 bits per heavy atom. The number of anilines is 1. The maximum Gasteiger partial charge on any atom is 0.410 e. The summed E-state index contributed by atoms with van der Waals surface area (Å²) in [6, 6.07) is 4.08. The van der Waals surface area contributed by atoms with E-state index in [4.69, 9.17) is 14.2 Å². The maximum absolute atomic E-state index is 12.8. The van der Waals surface area contributed by atoms with Gasteiger partial charge in [-0.15, -0.1) is 0 Å². The number of hydrogen-bond acceptors (Lipinski definition) is 5. The van der Waals surface area contributed by atoms with E-state index >= 15 is 0 Å². The van der Waals surface area contributed by atoms with Crippen LogP contribution in [0.2, 0.25) is 0 Å². The van der Waals surface area contributed by atoms with E-state index in [0.29, 0.717) is 39.1 Å². The Balaban J connectivity index is 1.84. The van der Waals surface area contributed by atoms with Crippen molar-refractivity contribution < 1.29 is 23.8 Å². The Hall–Kier alpha value is -2.28. The lowest BCUT2D eigenvalue weighted by Gasteiger charge is -2.34. The smallest absolute Gasteiger partial charge is 0.410 e. The Bertz CT molecular complexity index is 771. The van der Waals surface area contributed by atoms with Crippen molar-refractivity contribution in [2.45, 2.75) is 58.7 Å². The van der Waals surface area contributed by atoms with E-state index in [1.165, 1.54) is 0 Å². The van der Waals surface area contributed by atoms with Crippen LogP contribution >= 0.6 is 0 Å². The van der Waals surface area contributed by atoms with Crippen LogP contribution in [0.1, 0.15) is 45.2 Å². The average Bonchev–Trinajstić information content (AvgIpc) is 2.86. The summed E-state index contributed by atoms with van der Waals surface area (Å²) in [5.41, 5.74) is 2.58. The van der Waals surface area contributed by atoms with Gasteiger partial charge in [-0.1, -0.05) is 6.92 Å². The van der Waals surface area contributed by atoms with Crippen LogP contribution in [0.15, 0.2) is 12.1 Å². The van der Waals surface area contributed by atoms with Crippen LogP contribution in [-0.2, 0) is 27.1 Å². The van der Waals surface area contributed by atoms with Crippen molar-refractivity contribution in [2.75, 3.05) is 38.3 Å². The van der Waals surface area contributed by atoms with Crippen molar-refractivity contribution in [1.29, 1.82) is 0 Å². The van der Waals surface area contributed by atoms with Crippen LogP contribution in [0.4, 0.5) is 10.5 Å². The number of amides is 2. The van der Waals surface area contributed by atoms with Gasteiger partial charge in [-0.05, 0) is 63.3 Å². The molecule has 1 aromatic carbocycles. The third-order valence-corrected chi connectivity index (χ3v) is 5.23. The van der Waals surface area contributed by atoms with Gasteiger partial charge in [0.15, 0.2) is 6.10 Å². The van der Waals surface area contributed by atoms with Gasteiger partial charge in [0, 0.05) is 26.7 Å². The molecule has 2 aliphatic rings. The number of nitrogens with zero attached hydrogens (tertiary/aromatic N) is 2. The predicted molar refractivity (Wildman–Crippen MR) is 111 cm³/mol. The quantitative estimate of drug-likeness (QED) is 0.771. The second-order valence-electron chi connectivity index (χ2n) is 8.55. The van der Waals surface area contributed by atoms with Crippen molar-refractivity contribution in [1.82, 2.24) is 4.90 Å². The van der Waals surface area contributed by atoms with Crippen molar-refractivity contribution in [3.05, 3.63) is 23.3 Å². The van der Waals surface area contributed by atoms with E-state index in [1.54, 1.807) is 16.9 Å². The molecule has 0 aliphatic carbocycles. The zero-order chi connectivity index (χ0) is 21.2. The van der Waals surface area contributed by atoms with Crippen LogP contribution in [0.5, 0.6) is 5.75 Å². The highest BCUT2D eigenvalue weighted by Gasteiger charge is 2.34. The maximum atomic E-state index is 12.8. The summed E-state index contributed by atoms with van der Waals surface area (Å²) in [6.07, 6.45) is 1.31. The van der Waals surface area contributed by atoms with Crippen molar-refractivity contribution >= 4 is 17.7 Å². The lowest BCUT2D eigenvalue weighted by Crippen LogP contribution is -2.47. The predicted octanol–water partition coefficient (Wildman–Crippen LogP) is 3.17. The number of methoxy groups -OCH3 is 1. The molecule has 0 spiro atoms. The summed E-state index contributed by atoms with van der Waals surface area (Å²) in [4.78, 5) is 28.8. The van der Waals surface area contributed by atoms with Gasteiger partial charge in [0.1, 0.15) is 11.4 Å². The second kappa shape index (κ2) is 8.61. The SMILES string of the molecule is CCC1Oc2cc3c(cc2N(CCOC)C1=O)CCN(C(=O)OC(C)(C)C)CC3. The Labute approximate surface area is 172 Å². The summed E-state index contributed by atoms with van der Waals surface area (Å²) in [5.74, 6) is 0.707. The molecule has 0 aromatic heterocycles. The topological polar surface area (TPSA) is 68.3 Å². The number of hydrogen-bond donors (Lipinski definition) is 0.